The van der Waals surface area contributed by atoms with Gasteiger partial charge in [0, 0.05) is 11.1 Å². The van der Waals surface area contributed by atoms with Gasteiger partial charge in [0.15, 0.2) is 0 Å². The fraction of sp³-hybridized carbons (Fsp3) is 0.600. The molecule has 0 radical (unpaired) electrons. The van der Waals surface area contributed by atoms with Crippen molar-refractivity contribution in [2.45, 2.75) is 56.7 Å². The summed E-state index contributed by atoms with van der Waals surface area (Å²) >= 11 is 5.81. The summed E-state index contributed by atoms with van der Waals surface area (Å²) in [4.78, 5) is 0. The summed E-state index contributed by atoms with van der Waals surface area (Å²) in [6, 6.07) is 7.08. The molecule has 0 atom stereocenters. The molecule has 112 valence electrons. The average Bonchev–Trinajstić information content (AvgIpc) is 2.35. The van der Waals surface area contributed by atoms with Crippen LogP contribution in [-0.4, -0.2) is 14.5 Å². The minimum atomic E-state index is -3.27. The number of benzene rings is 1. The summed E-state index contributed by atoms with van der Waals surface area (Å²) in [5.41, 5.74) is 0.771. The molecular formula is C15H22ClNO2S. The Bertz CT molecular complexity index is 505. The van der Waals surface area contributed by atoms with Gasteiger partial charge in [0.05, 0.1) is 5.75 Å². The fourth-order valence-electron chi connectivity index (χ4n) is 2.67. The molecule has 2 rings (SSSR count). The van der Waals surface area contributed by atoms with Crippen LogP contribution in [0, 0.1) is 0 Å². The Hall–Kier alpha value is -0.580. The third kappa shape index (κ3) is 5.43. The molecule has 1 aliphatic carbocycles. The van der Waals surface area contributed by atoms with Gasteiger partial charge in [-0.25, -0.2) is 13.1 Å². The van der Waals surface area contributed by atoms with Gasteiger partial charge >= 0.3 is 0 Å². The van der Waals surface area contributed by atoms with E-state index >= 15 is 0 Å². The van der Waals surface area contributed by atoms with Crippen molar-refractivity contribution in [1.82, 2.24) is 4.72 Å². The summed E-state index contributed by atoms with van der Waals surface area (Å²) < 4.78 is 27.3. The van der Waals surface area contributed by atoms with Crippen LogP contribution in [0.1, 0.15) is 50.5 Å². The second-order valence-corrected chi connectivity index (χ2v) is 7.74. The second kappa shape index (κ2) is 7.43. The highest BCUT2D eigenvalue weighted by Crippen LogP contribution is 2.18. The van der Waals surface area contributed by atoms with E-state index in [0.29, 0.717) is 5.02 Å². The molecule has 0 unspecified atom stereocenters. The van der Waals surface area contributed by atoms with E-state index in [0.717, 1.165) is 31.2 Å². The molecule has 0 saturated heterocycles. The molecule has 0 aliphatic heterocycles. The van der Waals surface area contributed by atoms with Crippen LogP contribution in [0.3, 0.4) is 0 Å². The highest BCUT2D eigenvalue weighted by Gasteiger charge is 2.19. The van der Waals surface area contributed by atoms with Crippen molar-refractivity contribution in [2.24, 2.45) is 0 Å². The largest absolute Gasteiger partial charge is 0.216 e. The van der Waals surface area contributed by atoms with Gasteiger partial charge in [-0.15, -0.1) is 0 Å². The van der Waals surface area contributed by atoms with Crippen molar-refractivity contribution in [3.8, 4) is 0 Å². The predicted molar refractivity (Wildman–Crippen MR) is 83.3 cm³/mol. The van der Waals surface area contributed by atoms with Crippen LogP contribution in [0.15, 0.2) is 24.3 Å². The monoisotopic (exact) mass is 315 g/mol. The van der Waals surface area contributed by atoms with Gasteiger partial charge < -0.3 is 0 Å². The number of halogens is 1. The quantitative estimate of drug-likeness (QED) is 0.916. The maximum atomic E-state index is 12.2. The smallest absolute Gasteiger partial charge is 0.212 e. The Morgan fingerprint density at radius 1 is 1.00 bits per heavy atom. The Morgan fingerprint density at radius 2 is 1.55 bits per heavy atom. The van der Waals surface area contributed by atoms with E-state index in [1.807, 2.05) is 0 Å². The van der Waals surface area contributed by atoms with Crippen molar-refractivity contribution in [3.63, 3.8) is 0 Å². The molecule has 0 aromatic heterocycles. The Labute approximate surface area is 126 Å². The molecular weight excluding hydrogens is 294 g/mol. The molecule has 0 heterocycles. The van der Waals surface area contributed by atoms with Gasteiger partial charge in [-0.05, 0) is 30.5 Å². The van der Waals surface area contributed by atoms with Gasteiger partial charge in [0.1, 0.15) is 0 Å². The Kier molecular flexibility index (Phi) is 5.87. The minimum absolute atomic E-state index is 0.0284. The van der Waals surface area contributed by atoms with Crippen LogP contribution in [0.2, 0.25) is 5.02 Å². The lowest BCUT2D eigenvalue weighted by Gasteiger charge is -2.21. The van der Waals surface area contributed by atoms with Gasteiger partial charge in [-0.1, -0.05) is 55.8 Å². The average molecular weight is 316 g/mol. The van der Waals surface area contributed by atoms with Crippen LogP contribution in [0.4, 0.5) is 0 Å². The first-order chi connectivity index (χ1) is 9.55. The predicted octanol–water partition coefficient (Wildman–Crippen LogP) is 3.87. The van der Waals surface area contributed by atoms with Crippen LogP contribution in [-0.2, 0) is 15.8 Å². The molecule has 1 aliphatic rings. The molecule has 1 saturated carbocycles. The fourth-order valence-corrected chi connectivity index (χ4v) is 4.25. The van der Waals surface area contributed by atoms with E-state index < -0.39 is 10.0 Å². The lowest BCUT2D eigenvalue weighted by molar-refractivity contribution is 0.426. The molecule has 0 amide bonds. The summed E-state index contributed by atoms with van der Waals surface area (Å²) in [6.45, 7) is 0. The number of sulfonamides is 1. The minimum Gasteiger partial charge on any atom is -0.212 e. The molecule has 0 bridgehead atoms. The number of nitrogens with one attached hydrogen (secondary N) is 1. The highest BCUT2D eigenvalue weighted by atomic mass is 35.5. The molecule has 1 fully saturated rings. The maximum absolute atomic E-state index is 12.2. The van der Waals surface area contributed by atoms with Gasteiger partial charge in [-0.2, -0.15) is 0 Å². The van der Waals surface area contributed by atoms with Crippen LogP contribution < -0.4 is 4.72 Å². The van der Waals surface area contributed by atoms with Crippen molar-refractivity contribution in [2.75, 3.05) is 0 Å². The summed E-state index contributed by atoms with van der Waals surface area (Å²) in [5.74, 6) is 0.0284. The molecule has 20 heavy (non-hydrogen) atoms. The van der Waals surface area contributed by atoms with Gasteiger partial charge in [0.2, 0.25) is 10.0 Å². The third-order valence-corrected chi connectivity index (χ3v) is 5.38. The number of hydrogen-bond acceptors (Lipinski definition) is 2. The third-order valence-electron chi connectivity index (χ3n) is 3.72. The zero-order valence-corrected chi connectivity index (χ0v) is 13.2. The first-order valence-corrected chi connectivity index (χ1v) is 9.33. The summed E-state index contributed by atoms with van der Waals surface area (Å²) in [5, 5.41) is 0.624. The van der Waals surface area contributed by atoms with E-state index in [4.69, 9.17) is 11.6 Å². The topological polar surface area (TPSA) is 46.2 Å². The van der Waals surface area contributed by atoms with Crippen LogP contribution in [0.25, 0.3) is 0 Å². The van der Waals surface area contributed by atoms with E-state index in [1.165, 1.54) is 19.3 Å². The maximum Gasteiger partial charge on any atom is 0.216 e. The normalized spacial score (nSPS) is 18.4. The van der Waals surface area contributed by atoms with Gasteiger partial charge in [-0.3, -0.25) is 0 Å². The van der Waals surface area contributed by atoms with Gasteiger partial charge in [0.25, 0.3) is 0 Å². The summed E-state index contributed by atoms with van der Waals surface area (Å²) in [7, 11) is -3.27. The standard InChI is InChI=1S/C15H22ClNO2S/c16-14-10-8-13(9-11-14)12-20(18,19)17-15-6-4-2-1-3-5-7-15/h8-11,15,17H,1-7,12H2. The highest BCUT2D eigenvalue weighted by molar-refractivity contribution is 7.88. The zero-order valence-electron chi connectivity index (χ0n) is 11.6. The lowest BCUT2D eigenvalue weighted by Crippen LogP contribution is -2.36. The second-order valence-electron chi connectivity index (χ2n) is 5.55. The van der Waals surface area contributed by atoms with Crippen LogP contribution in [0.5, 0.6) is 0 Å². The zero-order chi connectivity index (χ0) is 14.4. The number of hydrogen-bond donors (Lipinski definition) is 1. The first kappa shape index (κ1) is 15.8. The molecule has 0 spiro atoms. The molecule has 1 aromatic rings. The Morgan fingerprint density at radius 3 is 2.15 bits per heavy atom. The molecule has 3 nitrogen and oxygen atoms in total. The summed E-state index contributed by atoms with van der Waals surface area (Å²) in [6.07, 6.45) is 7.87. The van der Waals surface area contributed by atoms with E-state index in [9.17, 15) is 8.42 Å². The number of rotatable bonds is 4. The lowest BCUT2D eigenvalue weighted by atomic mass is 9.97. The van der Waals surface area contributed by atoms with Crippen molar-refractivity contribution in [1.29, 1.82) is 0 Å². The van der Waals surface area contributed by atoms with Crippen molar-refractivity contribution in [3.05, 3.63) is 34.9 Å². The van der Waals surface area contributed by atoms with Crippen LogP contribution >= 0.6 is 11.6 Å². The van der Waals surface area contributed by atoms with E-state index in [1.54, 1.807) is 24.3 Å². The SMILES string of the molecule is O=S(=O)(Cc1ccc(Cl)cc1)NC1CCCCCCC1. The van der Waals surface area contributed by atoms with E-state index in [2.05, 4.69) is 4.72 Å². The molecule has 1 aromatic carbocycles. The molecule has 5 heteroatoms. The Balaban J connectivity index is 1.93. The van der Waals surface area contributed by atoms with E-state index in [-0.39, 0.29) is 11.8 Å². The first-order valence-electron chi connectivity index (χ1n) is 7.30. The van der Waals surface area contributed by atoms with Crippen molar-refractivity contribution < 1.29 is 8.42 Å². The van der Waals surface area contributed by atoms with Crippen molar-refractivity contribution >= 4 is 21.6 Å². The molecule has 1 N–H and O–H groups in total.